The number of hydrogen-bond acceptors (Lipinski definition) is 4. The first kappa shape index (κ1) is 15.6. The molecule has 0 aromatic heterocycles. The lowest BCUT2D eigenvalue weighted by molar-refractivity contribution is -0.133. The second kappa shape index (κ2) is 8.63. The maximum atomic E-state index is 11.9. The molecule has 0 aliphatic rings. The average Bonchev–Trinajstić information content (AvgIpc) is 2.45. The van der Waals surface area contributed by atoms with Crippen LogP contribution >= 0.6 is 0 Å². The summed E-state index contributed by atoms with van der Waals surface area (Å²) in [5.74, 6) is -0.251. The van der Waals surface area contributed by atoms with Crippen molar-refractivity contribution in [3.8, 4) is 0 Å². The summed E-state index contributed by atoms with van der Waals surface area (Å²) in [5, 5.41) is 12.1. The lowest BCUT2D eigenvalue weighted by Crippen LogP contribution is -2.38. The van der Waals surface area contributed by atoms with Gasteiger partial charge in [-0.3, -0.25) is 4.79 Å². The van der Waals surface area contributed by atoms with Crippen LogP contribution < -0.4 is 5.32 Å². The maximum absolute atomic E-state index is 11.9. The predicted octanol–water partition coefficient (Wildman–Crippen LogP) is 0.888. The van der Waals surface area contributed by atoms with Crippen molar-refractivity contribution in [1.82, 2.24) is 5.32 Å². The topological polar surface area (TPSA) is 67.8 Å². The summed E-state index contributed by atoms with van der Waals surface area (Å²) in [4.78, 5) is 11.9. The Hall–Kier alpha value is -1.43. The molecule has 0 saturated carbocycles. The number of aliphatic hydroxyl groups excluding tert-OH is 1. The standard InChI is InChI=1S/C14H21NO4/c1-11(19-9-8-18-2)14(17)15-13(10-16)12-6-4-3-5-7-12/h3-7,11,13,16H,8-10H2,1-2H3,(H,15,17). The number of amides is 1. The van der Waals surface area contributed by atoms with Gasteiger partial charge >= 0.3 is 0 Å². The van der Waals surface area contributed by atoms with Crippen molar-refractivity contribution in [2.75, 3.05) is 26.9 Å². The van der Waals surface area contributed by atoms with E-state index in [1.807, 2.05) is 30.3 Å². The van der Waals surface area contributed by atoms with Crippen LogP contribution in [-0.2, 0) is 14.3 Å². The number of methoxy groups -OCH3 is 1. The van der Waals surface area contributed by atoms with Gasteiger partial charge < -0.3 is 19.9 Å². The Balaban J connectivity index is 2.49. The molecule has 106 valence electrons. The Bertz CT molecular complexity index is 369. The van der Waals surface area contributed by atoms with Crippen molar-refractivity contribution in [2.24, 2.45) is 0 Å². The van der Waals surface area contributed by atoms with E-state index < -0.39 is 12.1 Å². The SMILES string of the molecule is COCCOC(C)C(=O)NC(CO)c1ccccc1. The van der Waals surface area contributed by atoms with Crippen LogP contribution in [0.2, 0.25) is 0 Å². The minimum atomic E-state index is -0.576. The first-order valence-corrected chi connectivity index (χ1v) is 6.25. The van der Waals surface area contributed by atoms with E-state index in [2.05, 4.69) is 5.32 Å². The molecule has 5 heteroatoms. The molecule has 1 amide bonds. The predicted molar refractivity (Wildman–Crippen MR) is 71.7 cm³/mol. The molecule has 19 heavy (non-hydrogen) atoms. The maximum Gasteiger partial charge on any atom is 0.249 e. The zero-order chi connectivity index (χ0) is 14.1. The molecule has 0 fully saturated rings. The highest BCUT2D eigenvalue weighted by atomic mass is 16.5. The van der Waals surface area contributed by atoms with Gasteiger partial charge in [0.1, 0.15) is 6.10 Å². The van der Waals surface area contributed by atoms with E-state index in [1.165, 1.54) is 0 Å². The smallest absolute Gasteiger partial charge is 0.249 e. The highest BCUT2D eigenvalue weighted by Gasteiger charge is 2.18. The third-order valence-corrected chi connectivity index (χ3v) is 2.73. The van der Waals surface area contributed by atoms with E-state index in [-0.39, 0.29) is 12.5 Å². The first-order chi connectivity index (χ1) is 9.19. The Labute approximate surface area is 113 Å². The normalized spacial score (nSPS) is 13.8. The molecule has 0 heterocycles. The third kappa shape index (κ3) is 5.38. The quantitative estimate of drug-likeness (QED) is 0.686. The molecule has 0 spiro atoms. The fraction of sp³-hybridized carbons (Fsp3) is 0.500. The summed E-state index contributed by atoms with van der Waals surface area (Å²) in [6, 6.07) is 8.92. The van der Waals surface area contributed by atoms with Crippen molar-refractivity contribution >= 4 is 5.91 Å². The van der Waals surface area contributed by atoms with E-state index >= 15 is 0 Å². The van der Waals surface area contributed by atoms with Gasteiger partial charge in [-0.25, -0.2) is 0 Å². The number of carbonyl (C=O) groups excluding carboxylic acids is 1. The molecule has 2 atom stereocenters. The van der Waals surface area contributed by atoms with E-state index in [9.17, 15) is 9.90 Å². The Morgan fingerprint density at radius 1 is 1.32 bits per heavy atom. The Morgan fingerprint density at radius 2 is 2.00 bits per heavy atom. The van der Waals surface area contributed by atoms with Crippen LogP contribution in [0, 0.1) is 0 Å². The summed E-state index contributed by atoms with van der Waals surface area (Å²) in [6.07, 6.45) is -0.576. The molecule has 0 saturated heterocycles. The average molecular weight is 267 g/mol. The highest BCUT2D eigenvalue weighted by Crippen LogP contribution is 2.11. The lowest BCUT2D eigenvalue weighted by atomic mass is 10.1. The molecule has 1 aromatic carbocycles. The fourth-order valence-corrected chi connectivity index (χ4v) is 1.59. The monoisotopic (exact) mass is 267 g/mol. The molecule has 1 rings (SSSR count). The molecule has 2 N–H and O–H groups in total. The molecule has 0 aliphatic heterocycles. The molecular formula is C14H21NO4. The number of rotatable bonds is 8. The minimum Gasteiger partial charge on any atom is -0.394 e. The van der Waals surface area contributed by atoms with E-state index in [4.69, 9.17) is 9.47 Å². The van der Waals surface area contributed by atoms with Crippen LogP contribution in [0.3, 0.4) is 0 Å². The van der Waals surface area contributed by atoms with E-state index in [1.54, 1.807) is 14.0 Å². The van der Waals surface area contributed by atoms with Crippen molar-refractivity contribution in [3.63, 3.8) is 0 Å². The number of carbonyl (C=O) groups is 1. The first-order valence-electron chi connectivity index (χ1n) is 6.25. The summed E-state index contributed by atoms with van der Waals surface area (Å²) in [5.41, 5.74) is 0.863. The van der Waals surface area contributed by atoms with Crippen LogP contribution in [0.1, 0.15) is 18.5 Å². The van der Waals surface area contributed by atoms with Crippen LogP contribution in [0.25, 0.3) is 0 Å². The summed E-state index contributed by atoms with van der Waals surface area (Å²) < 4.78 is 10.2. The van der Waals surface area contributed by atoms with Gasteiger partial charge in [-0.2, -0.15) is 0 Å². The van der Waals surface area contributed by atoms with Crippen LogP contribution in [0.15, 0.2) is 30.3 Å². The number of nitrogens with one attached hydrogen (secondary N) is 1. The van der Waals surface area contributed by atoms with Gasteiger partial charge in [0.15, 0.2) is 0 Å². The number of benzene rings is 1. The summed E-state index contributed by atoms with van der Waals surface area (Å²) >= 11 is 0. The van der Waals surface area contributed by atoms with Gasteiger partial charge in [0.25, 0.3) is 0 Å². The van der Waals surface area contributed by atoms with Gasteiger partial charge in [-0.1, -0.05) is 30.3 Å². The zero-order valence-electron chi connectivity index (χ0n) is 11.3. The fourth-order valence-electron chi connectivity index (χ4n) is 1.59. The van der Waals surface area contributed by atoms with Gasteiger partial charge in [-0.05, 0) is 12.5 Å². The van der Waals surface area contributed by atoms with Crippen LogP contribution in [0.4, 0.5) is 0 Å². The molecule has 0 radical (unpaired) electrons. The van der Waals surface area contributed by atoms with Gasteiger partial charge in [0.2, 0.25) is 5.91 Å². The number of hydrogen-bond donors (Lipinski definition) is 2. The Kier molecular flexibility index (Phi) is 7.10. The van der Waals surface area contributed by atoms with Gasteiger partial charge in [-0.15, -0.1) is 0 Å². The van der Waals surface area contributed by atoms with E-state index in [0.717, 1.165) is 5.56 Å². The molecule has 1 aromatic rings. The lowest BCUT2D eigenvalue weighted by Gasteiger charge is -2.19. The molecular weight excluding hydrogens is 246 g/mol. The molecule has 5 nitrogen and oxygen atoms in total. The van der Waals surface area contributed by atoms with Gasteiger partial charge in [0.05, 0.1) is 25.9 Å². The molecule has 0 aliphatic carbocycles. The summed E-state index contributed by atoms with van der Waals surface area (Å²) in [7, 11) is 1.57. The van der Waals surface area contributed by atoms with Crippen molar-refractivity contribution in [2.45, 2.75) is 19.1 Å². The largest absolute Gasteiger partial charge is 0.394 e. The van der Waals surface area contributed by atoms with Crippen LogP contribution in [-0.4, -0.2) is 44.0 Å². The Morgan fingerprint density at radius 3 is 2.58 bits per heavy atom. The summed E-state index contributed by atoms with van der Waals surface area (Å²) in [6.45, 7) is 2.32. The van der Waals surface area contributed by atoms with Crippen molar-refractivity contribution in [3.05, 3.63) is 35.9 Å². The molecule has 2 unspecified atom stereocenters. The second-order valence-corrected chi connectivity index (χ2v) is 4.16. The van der Waals surface area contributed by atoms with Gasteiger partial charge in [0, 0.05) is 7.11 Å². The van der Waals surface area contributed by atoms with Crippen molar-refractivity contribution in [1.29, 1.82) is 0 Å². The van der Waals surface area contributed by atoms with Crippen molar-refractivity contribution < 1.29 is 19.4 Å². The van der Waals surface area contributed by atoms with Crippen LogP contribution in [0.5, 0.6) is 0 Å². The number of aliphatic hydroxyl groups is 1. The third-order valence-electron chi connectivity index (χ3n) is 2.73. The van der Waals surface area contributed by atoms with E-state index in [0.29, 0.717) is 13.2 Å². The molecule has 0 bridgehead atoms. The second-order valence-electron chi connectivity index (χ2n) is 4.16. The number of ether oxygens (including phenoxy) is 2. The zero-order valence-corrected chi connectivity index (χ0v) is 11.3. The highest BCUT2D eigenvalue weighted by molar-refractivity contribution is 5.80. The minimum absolute atomic E-state index is 0.152.